The molecule has 2 aromatic heterocycles. The zero-order valence-electron chi connectivity index (χ0n) is 21.3. The predicted molar refractivity (Wildman–Crippen MR) is 145 cm³/mol. The number of hydrogen-bond donors (Lipinski definition) is 1. The molecule has 1 N–H and O–H groups in total. The first-order valence-electron chi connectivity index (χ1n) is 12.5. The van der Waals surface area contributed by atoms with Crippen molar-refractivity contribution in [3.05, 3.63) is 124 Å². The monoisotopic (exact) mass is 521 g/mol. The SMILES string of the molecule is CCOC(=O)C1=C(C)Nc2c(c3nnc(-c4ccc(F)cc4)n3c(=O)n2-c2ccccc2)C1c1ccccc1. The molecule has 39 heavy (non-hydrogen) atoms. The molecule has 6 rings (SSSR count). The van der Waals surface area contributed by atoms with Crippen LogP contribution >= 0.6 is 0 Å². The second-order valence-corrected chi connectivity index (χ2v) is 9.13. The maximum atomic E-state index is 14.2. The third-order valence-electron chi connectivity index (χ3n) is 6.80. The lowest BCUT2D eigenvalue weighted by molar-refractivity contribution is -0.138. The summed E-state index contributed by atoms with van der Waals surface area (Å²) in [5.41, 5.74) is 3.43. The summed E-state index contributed by atoms with van der Waals surface area (Å²) in [6, 6.07) is 24.5. The number of allylic oxidation sites excluding steroid dienone is 1. The van der Waals surface area contributed by atoms with E-state index in [0.29, 0.717) is 33.9 Å². The molecule has 0 aliphatic carbocycles. The summed E-state index contributed by atoms with van der Waals surface area (Å²) >= 11 is 0. The van der Waals surface area contributed by atoms with Gasteiger partial charge in [-0.05, 0) is 55.8 Å². The van der Waals surface area contributed by atoms with E-state index in [1.54, 1.807) is 30.5 Å². The lowest BCUT2D eigenvalue weighted by atomic mass is 9.82. The van der Waals surface area contributed by atoms with E-state index >= 15 is 0 Å². The highest BCUT2D eigenvalue weighted by atomic mass is 19.1. The van der Waals surface area contributed by atoms with Gasteiger partial charge in [0.05, 0.1) is 29.3 Å². The smallest absolute Gasteiger partial charge is 0.341 e. The summed E-state index contributed by atoms with van der Waals surface area (Å²) < 4.78 is 22.2. The molecule has 1 aliphatic rings. The summed E-state index contributed by atoms with van der Waals surface area (Å²) in [4.78, 5) is 27.6. The first-order valence-corrected chi connectivity index (χ1v) is 12.5. The molecule has 1 aliphatic heterocycles. The fourth-order valence-electron chi connectivity index (χ4n) is 5.12. The van der Waals surface area contributed by atoms with Crippen molar-refractivity contribution in [1.29, 1.82) is 0 Å². The normalized spacial score (nSPS) is 14.7. The van der Waals surface area contributed by atoms with Gasteiger partial charge in [0, 0.05) is 11.3 Å². The summed E-state index contributed by atoms with van der Waals surface area (Å²) in [7, 11) is 0. The molecule has 194 valence electrons. The third-order valence-corrected chi connectivity index (χ3v) is 6.80. The summed E-state index contributed by atoms with van der Waals surface area (Å²) in [6.07, 6.45) is 0. The Morgan fingerprint density at radius 2 is 1.64 bits per heavy atom. The number of benzene rings is 3. The lowest BCUT2D eigenvalue weighted by Crippen LogP contribution is -2.34. The fourth-order valence-corrected chi connectivity index (χ4v) is 5.12. The van der Waals surface area contributed by atoms with Gasteiger partial charge in [-0.1, -0.05) is 48.5 Å². The molecule has 0 fully saturated rings. The minimum absolute atomic E-state index is 0.211. The first-order chi connectivity index (χ1) is 19.0. The van der Waals surface area contributed by atoms with Crippen LogP contribution in [0, 0.1) is 5.82 Å². The van der Waals surface area contributed by atoms with E-state index in [1.165, 1.54) is 16.5 Å². The van der Waals surface area contributed by atoms with E-state index in [4.69, 9.17) is 4.74 Å². The number of carbonyl (C=O) groups is 1. The number of aromatic nitrogens is 4. The van der Waals surface area contributed by atoms with Crippen LogP contribution in [0.4, 0.5) is 10.2 Å². The second-order valence-electron chi connectivity index (χ2n) is 9.13. The standard InChI is InChI=1S/C30H24FN5O3/c1-3-39-29(37)23-18(2)32-27-25(24(23)19-10-6-4-7-11-19)28-34-33-26(20-14-16-21(31)17-15-20)36(28)30(38)35(27)22-12-8-5-9-13-22/h4-17,24,32H,3H2,1-2H3. The number of carbonyl (C=O) groups excluding carboxylic acids is 1. The molecule has 1 unspecified atom stereocenters. The number of rotatable bonds is 5. The molecule has 0 saturated heterocycles. The van der Waals surface area contributed by atoms with E-state index in [2.05, 4.69) is 15.5 Å². The summed E-state index contributed by atoms with van der Waals surface area (Å²) in [6.45, 7) is 3.76. The van der Waals surface area contributed by atoms with Crippen LogP contribution in [0.15, 0.2) is 101 Å². The molecule has 1 atom stereocenters. The highest BCUT2D eigenvalue weighted by Crippen LogP contribution is 2.44. The molecule has 0 amide bonds. The number of esters is 1. The van der Waals surface area contributed by atoms with Gasteiger partial charge < -0.3 is 10.1 Å². The molecule has 0 spiro atoms. The largest absolute Gasteiger partial charge is 0.463 e. The van der Waals surface area contributed by atoms with Gasteiger partial charge in [0.2, 0.25) is 0 Å². The van der Waals surface area contributed by atoms with Gasteiger partial charge in [-0.15, -0.1) is 10.2 Å². The van der Waals surface area contributed by atoms with Crippen molar-refractivity contribution in [3.63, 3.8) is 0 Å². The molecule has 0 radical (unpaired) electrons. The Balaban J connectivity index is 1.75. The molecule has 5 aromatic rings. The van der Waals surface area contributed by atoms with Crippen molar-refractivity contribution < 1.29 is 13.9 Å². The van der Waals surface area contributed by atoms with Crippen LogP contribution in [0.25, 0.3) is 22.7 Å². The number of para-hydroxylation sites is 1. The van der Waals surface area contributed by atoms with Gasteiger partial charge in [0.25, 0.3) is 0 Å². The van der Waals surface area contributed by atoms with Gasteiger partial charge >= 0.3 is 11.7 Å². The lowest BCUT2D eigenvalue weighted by Gasteiger charge is -2.32. The Morgan fingerprint density at radius 3 is 2.31 bits per heavy atom. The van der Waals surface area contributed by atoms with Crippen molar-refractivity contribution in [1.82, 2.24) is 19.2 Å². The average Bonchev–Trinajstić information content (AvgIpc) is 3.39. The van der Waals surface area contributed by atoms with Gasteiger partial charge in [-0.2, -0.15) is 0 Å². The van der Waals surface area contributed by atoms with E-state index in [1.807, 2.05) is 60.7 Å². The third kappa shape index (κ3) is 3.99. The Morgan fingerprint density at radius 1 is 0.974 bits per heavy atom. The minimum atomic E-state index is -0.607. The first kappa shape index (κ1) is 24.3. The van der Waals surface area contributed by atoms with Crippen LogP contribution in [-0.2, 0) is 9.53 Å². The minimum Gasteiger partial charge on any atom is -0.463 e. The maximum absolute atomic E-state index is 14.2. The molecule has 8 nitrogen and oxygen atoms in total. The van der Waals surface area contributed by atoms with Crippen LogP contribution in [0.2, 0.25) is 0 Å². The molecule has 9 heteroatoms. The number of nitrogens with zero attached hydrogens (tertiary/aromatic N) is 4. The Bertz CT molecular complexity index is 1790. The highest BCUT2D eigenvalue weighted by Gasteiger charge is 2.38. The molecular formula is C30H24FN5O3. The van der Waals surface area contributed by atoms with Crippen molar-refractivity contribution >= 4 is 17.4 Å². The highest BCUT2D eigenvalue weighted by molar-refractivity contribution is 5.95. The van der Waals surface area contributed by atoms with Crippen molar-refractivity contribution in [3.8, 4) is 17.1 Å². The van der Waals surface area contributed by atoms with Crippen LogP contribution < -0.4 is 11.0 Å². The van der Waals surface area contributed by atoms with E-state index < -0.39 is 23.4 Å². The van der Waals surface area contributed by atoms with Crippen LogP contribution in [0.3, 0.4) is 0 Å². The Labute approximate surface area is 223 Å². The number of ether oxygens (including phenoxy) is 1. The van der Waals surface area contributed by atoms with Crippen molar-refractivity contribution in [2.75, 3.05) is 11.9 Å². The maximum Gasteiger partial charge on any atom is 0.341 e. The van der Waals surface area contributed by atoms with Crippen LogP contribution in [0.1, 0.15) is 30.9 Å². The Kier molecular flexibility index (Phi) is 6.03. The number of hydrogen-bond acceptors (Lipinski definition) is 6. The number of fused-ring (bicyclic) bond motifs is 3. The molecule has 0 saturated carbocycles. The van der Waals surface area contributed by atoms with Crippen molar-refractivity contribution in [2.24, 2.45) is 0 Å². The van der Waals surface area contributed by atoms with Crippen LogP contribution in [-0.4, -0.2) is 31.7 Å². The van der Waals surface area contributed by atoms with E-state index in [-0.39, 0.29) is 18.1 Å². The molecule has 3 heterocycles. The fraction of sp³-hybridized carbons (Fsp3) is 0.133. The predicted octanol–water partition coefficient (Wildman–Crippen LogP) is 5.08. The zero-order chi connectivity index (χ0) is 27.1. The topological polar surface area (TPSA) is 90.5 Å². The molecule has 0 bridgehead atoms. The zero-order valence-corrected chi connectivity index (χ0v) is 21.3. The molecular weight excluding hydrogens is 497 g/mol. The second kappa shape index (κ2) is 9.68. The molecule has 3 aromatic carbocycles. The van der Waals surface area contributed by atoms with Crippen molar-refractivity contribution in [2.45, 2.75) is 19.8 Å². The average molecular weight is 522 g/mol. The van der Waals surface area contributed by atoms with Gasteiger partial charge in [-0.3, -0.25) is 0 Å². The number of halogens is 1. The van der Waals surface area contributed by atoms with Gasteiger partial charge in [0.1, 0.15) is 11.6 Å². The van der Waals surface area contributed by atoms with Crippen LogP contribution in [0.5, 0.6) is 0 Å². The summed E-state index contributed by atoms with van der Waals surface area (Å²) in [5, 5.41) is 12.1. The van der Waals surface area contributed by atoms with Gasteiger partial charge in [0.15, 0.2) is 11.5 Å². The summed E-state index contributed by atoms with van der Waals surface area (Å²) in [5.74, 6) is -0.727. The quantitative estimate of drug-likeness (QED) is 0.325. The Hall–Kier alpha value is -5.05. The number of nitrogens with one attached hydrogen (secondary N) is 1. The van der Waals surface area contributed by atoms with E-state index in [0.717, 1.165) is 5.56 Å². The number of anilines is 1. The van der Waals surface area contributed by atoms with E-state index in [9.17, 15) is 14.0 Å². The van der Waals surface area contributed by atoms with Gasteiger partial charge in [-0.25, -0.2) is 22.9 Å².